The van der Waals surface area contributed by atoms with Crippen molar-refractivity contribution in [1.82, 2.24) is 15.1 Å². The second kappa shape index (κ2) is 7.47. The largest absolute Gasteiger partial charge is 0.391 e. The molecule has 8 heteroatoms. The van der Waals surface area contributed by atoms with Gasteiger partial charge in [-0.1, -0.05) is 11.6 Å². The summed E-state index contributed by atoms with van der Waals surface area (Å²) in [6.45, 7) is 4.02. The van der Waals surface area contributed by atoms with E-state index in [0.717, 1.165) is 11.4 Å². The maximum Gasteiger partial charge on any atom is 0.255 e. The van der Waals surface area contributed by atoms with Crippen LogP contribution < -0.4 is 5.32 Å². The molecule has 7 nitrogen and oxygen atoms in total. The number of aliphatic hydroxyl groups excluding tert-OH is 1. The summed E-state index contributed by atoms with van der Waals surface area (Å²) < 4.78 is 0. The Bertz CT molecular complexity index is 836. The SMILES string of the molecule is CC(=O)Nc1ccc(C(=O)N2C[C@@H](Cc3cc(C)[nH]n3)[C@H](O)C2)c(Cl)c1. The predicted octanol–water partition coefficient (Wildman–Crippen LogP) is 2.01. The van der Waals surface area contributed by atoms with E-state index in [1.807, 2.05) is 13.0 Å². The Hall–Kier alpha value is -2.38. The third-order valence-electron chi connectivity index (χ3n) is 4.44. The van der Waals surface area contributed by atoms with Crippen molar-refractivity contribution in [2.45, 2.75) is 26.4 Å². The van der Waals surface area contributed by atoms with Crippen LogP contribution in [0.1, 0.15) is 28.7 Å². The molecule has 1 saturated heterocycles. The van der Waals surface area contributed by atoms with E-state index in [4.69, 9.17) is 11.6 Å². The van der Waals surface area contributed by atoms with Crippen LogP contribution in [0.25, 0.3) is 0 Å². The molecular weight excluding hydrogens is 356 g/mol. The molecule has 0 radical (unpaired) electrons. The Labute approximate surface area is 156 Å². The lowest BCUT2D eigenvalue weighted by molar-refractivity contribution is -0.114. The number of hydrogen-bond acceptors (Lipinski definition) is 4. The average molecular weight is 377 g/mol. The van der Waals surface area contributed by atoms with E-state index in [0.29, 0.717) is 24.2 Å². The zero-order chi connectivity index (χ0) is 18.8. The fourth-order valence-electron chi connectivity index (χ4n) is 3.21. The second-order valence-corrected chi connectivity index (χ2v) is 7.07. The molecule has 0 bridgehead atoms. The van der Waals surface area contributed by atoms with E-state index in [1.54, 1.807) is 23.1 Å². The van der Waals surface area contributed by atoms with E-state index in [9.17, 15) is 14.7 Å². The van der Waals surface area contributed by atoms with Gasteiger partial charge >= 0.3 is 0 Å². The van der Waals surface area contributed by atoms with Crippen molar-refractivity contribution < 1.29 is 14.7 Å². The molecule has 1 fully saturated rings. The molecule has 26 heavy (non-hydrogen) atoms. The number of carbonyl (C=O) groups is 2. The molecule has 1 aromatic heterocycles. The third kappa shape index (κ3) is 4.05. The predicted molar refractivity (Wildman–Crippen MR) is 98.2 cm³/mol. The van der Waals surface area contributed by atoms with Crippen LogP contribution in [0.5, 0.6) is 0 Å². The molecule has 0 unspecified atom stereocenters. The van der Waals surface area contributed by atoms with Crippen LogP contribution in [0.3, 0.4) is 0 Å². The summed E-state index contributed by atoms with van der Waals surface area (Å²) in [5.74, 6) is -0.512. The standard InChI is InChI=1S/C18H21ClN4O3/c1-10-5-14(22-21-10)6-12-8-23(9-17(12)25)18(26)15-4-3-13(7-16(15)19)20-11(2)24/h3-5,7,12,17,25H,6,8-9H2,1-2H3,(H,20,24)(H,21,22)/t12-,17-/m1/s1. The number of halogens is 1. The third-order valence-corrected chi connectivity index (χ3v) is 4.76. The minimum absolute atomic E-state index is 0.0703. The molecule has 0 aliphatic carbocycles. The number of carbonyl (C=O) groups excluding carboxylic acids is 2. The number of β-amino-alcohol motifs (C(OH)–C–C–N with tert-alkyl or cyclic N) is 1. The monoisotopic (exact) mass is 376 g/mol. The van der Waals surface area contributed by atoms with Crippen LogP contribution in [-0.2, 0) is 11.2 Å². The van der Waals surface area contributed by atoms with Crippen molar-refractivity contribution in [3.63, 3.8) is 0 Å². The molecular formula is C18H21ClN4O3. The van der Waals surface area contributed by atoms with Gasteiger partial charge in [0.05, 0.1) is 22.4 Å². The van der Waals surface area contributed by atoms with E-state index < -0.39 is 6.10 Å². The van der Waals surface area contributed by atoms with Gasteiger partial charge in [-0.3, -0.25) is 14.7 Å². The number of rotatable bonds is 4. The summed E-state index contributed by atoms with van der Waals surface area (Å²) >= 11 is 6.22. The minimum Gasteiger partial charge on any atom is -0.391 e. The normalized spacial score (nSPS) is 19.6. The van der Waals surface area contributed by atoms with Gasteiger partial charge in [-0.25, -0.2) is 0 Å². The lowest BCUT2D eigenvalue weighted by Crippen LogP contribution is -2.29. The molecule has 2 amide bonds. The van der Waals surface area contributed by atoms with Gasteiger partial charge in [-0.05, 0) is 37.6 Å². The number of benzene rings is 1. The Morgan fingerprint density at radius 2 is 2.15 bits per heavy atom. The lowest BCUT2D eigenvalue weighted by atomic mass is 10.0. The summed E-state index contributed by atoms with van der Waals surface area (Å²) in [4.78, 5) is 25.5. The number of aromatic nitrogens is 2. The fourth-order valence-corrected chi connectivity index (χ4v) is 3.47. The number of likely N-dealkylation sites (tertiary alicyclic amines) is 1. The van der Waals surface area contributed by atoms with Crippen LogP contribution in [0.15, 0.2) is 24.3 Å². The highest BCUT2D eigenvalue weighted by atomic mass is 35.5. The Balaban J connectivity index is 1.69. The van der Waals surface area contributed by atoms with Crippen LogP contribution in [0.4, 0.5) is 5.69 Å². The molecule has 0 saturated carbocycles. The van der Waals surface area contributed by atoms with Crippen LogP contribution >= 0.6 is 11.6 Å². The number of hydrogen-bond donors (Lipinski definition) is 3. The molecule has 138 valence electrons. The molecule has 2 aromatic rings. The number of nitrogens with one attached hydrogen (secondary N) is 2. The number of nitrogens with zero attached hydrogens (tertiary/aromatic N) is 2. The lowest BCUT2D eigenvalue weighted by Gasteiger charge is -2.17. The molecule has 1 aliphatic rings. The number of H-pyrrole nitrogens is 1. The Kier molecular flexibility index (Phi) is 5.29. The quantitative estimate of drug-likeness (QED) is 0.760. The van der Waals surface area contributed by atoms with E-state index in [2.05, 4.69) is 15.5 Å². The van der Waals surface area contributed by atoms with Crippen molar-refractivity contribution in [3.05, 3.63) is 46.2 Å². The van der Waals surface area contributed by atoms with E-state index >= 15 is 0 Å². The van der Waals surface area contributed by atoms with Crippen molar-refractivity contribution >= 4 is 29.1 Å². The first-order valence-corrected chi connectivity index (χ1v) is 8.76. The number of anilines is 1. The first-order valence-electron chi connectivity index (χ1n) is 8.39. The smallest absolute Gasteiger partial charge is 0.255 e. The molecule has 3 rings (SSSR count). The highest BCUT2D eigenvalue weighted by Gasteiger charge is 2.35. The summed E-state index contributed by atoms with van der Waals surface area (Å²) in [6, 6.07) is 6.71. The zero-order valence-electron chi connectivity index (χ0n) is 14.6. The summed E-state index contributed by atoms with van der Waals surface area (Å²) in [5, 5.41) is 20.3. The zero-order valence-corrected chi connectivity index (χ0v) is 15.4. The first kappa shape index (κ1) is 18.4. The van der Waals surface area contributed by atoms with Gasteiger partial charge in [0.15, 0.2) is 0 Å². The van der Waals surface area contributed by atoms with Gasteiger partial charge in [-0.15, -0.1) is 0 Å². The minimum atomic E-state index is -0.603. The van der Waals surface area contributed by atoms with Crippen LogP contribution in [0, 0.1) is 12.8 Å². The van der Waals surface area contributed by atoms with Gasteiger partial charge in [0.2, 0.25) is 5.91 Å². The second-order valence-electron chi connectivity index (χ2n) is 6.66. The number of amides is 2. The summed E-state index contributed by atoms with van der Waals surface area (Å²) in [6.07, 6.45) is -0.00167. The number of aryl methyl sites for hydroxylation is 1. The van der Waals surface area contributed by atoms with Crippen molar-refractivity contribution in [1.29, 1.82) is 0 Å². The van der Waals surface area contributed by atoms with Gasteiger partial charge in [-0.2, -0.15) is 5.10 Å². The van der Waals surface area contributed by atoms with Crippen molar-refractivity contribution in [2.24, 2.45) is 5.92 Å². The topological polar surface area (TPSA) is 98.3 Å². The first-order chi connectivity index (χ1) is 12.3. The molecule has 1 aromatic carbocycles. The van der Waals surface area contributed by atoms with Gasteiger partial charge in [0, 0.05) is 37.3 Å². The molecule has 2 atom stereocenters. The van der Waals surface area contributed by atoms with Crippen molar-refractivity contribution in [2.75, 3.05) is 18.4 Å². The van der Waals surface area contributed by atoms with Crippen molar-refractivity contribution in [3.8, 4) is 0 Å². The highest BCUT2D eigenvalue weighted by molar-refractivity contribution is 6.34. The maximum absolute atomic E-state index is 12.8. The number of aromatic amines is 1. The van der Waals surface area contributed by atoms with Crippen LogP contribution in [0.2, 0.25) is 5.02 Å². The summed E-state index contributed by atoms with van der Waals surface area (Å²) in [5.41, 5.74) is 2.72. The molecule has 1 aliphatic heterocycles. The molecule has 3 N–H and O–H groups in total. The van der Waals surface area contributed by atoms with Crippen LogP contribution in [-0.4, -0.2) is 51.2 Å². The Morgan fingerprint density at radius 3 is 2.77 bits per heavy atom. The Morgan fingerprint density at radius 1 is 1.38 bits per heavy atom. The van der Waals surface area contributed by atoms with E-state index in [1.165, 1.54) is 6.92 Å². The molecule has 2 heterocycles. The number of aliphatic hydroxyl groups is 1. The molecule has 0 spiro atoms. The van der Waals surface area contributed by atoms with Gasteiger partial charge in [0.25, 0.3) is 5.91 Å². The van der Waals surface area contributed by atoms with E-state index in [-0.39, 0.29) is 29.3 Å². The van der Waals surface area contributed by atoms with Gasteiger partial charge in [0.1, 0.15) is 0 Å². The maximum atomic E-state index is 12.8. The highest BCUT2D eigenvalue weighted by Crippen LogP contribution is 2.27. The summed E-state index contributed by atoms with van der Waals surface area (Å²) in [7, 11) is 0. The average Bonchev–Trinajstić information content (AvgIpc) is 3.13. The fraction of sp³-hybridized carbons (Fsp3) is 0.389. The van der Waals surface area contributed by atoms with Gasteiger partial charge < -0.3 is 15.3 Å².